The van der Waals surface area contributed by atoms with E-state index in [0.717, 1.165) is 17.6 Å². The van der Waals surface area contributed by atoms with E-state index in [4.69, 9.17) is 0 Å². The predicted molar refractivity (Wildman–Crippen MR) is 85.5 cm³/mol. The molecule has 0 amide bonds. The highest BCUT2D eigenvalue weighted by molar-refractivity contribution is 5.51. The molecule has 1 aromatic rings. The Hall–Kier alpha value is -1.80. The molecule has 1 unspecified atom stereocenters. The Kier molecular flexibility index (Phi) is 5.78. The van der Waals surface area contributed by atoms with Crippen LogP contribution in [-0.2, 0) is 0 Å². The van der Waals surface area contributed by atoms with Gasteiger partial charge in [0, 0.05) is 5.41 Å². The van der Waals surface area contributed by atoms with Gasteiger partial charge in [-0.05, 0) is 37.5 Å². The monoisotopic (exact) mass is 272 g/mol. The molecular formula is C18H24O2. The third-order valence-corrected chi connectivity index (χ3v) is 3.54. The summed E-state index contributed by atoms with van der Waals surface area (Å²) in [5, 5.41) is 19.1. The first-order valence-electron chi connectivity index (χ1n) is 6.81. The van der Waals surface area contributed by atoms with E-state index >= 15 is 0 Å². The van der Waals surface area contributed by atoms with Gasteiger partial charge in [0.2, 0.25) is 0 Å². The molecule has 1 aromatic carbocycles. The molecule has 1 rings (SSSR count). The van der Waals surface area contributed by atoms with Crippen LogP contribution in [-0.4, -0.2) is 16.3 Å². The molecule has 2 N–H and O–H groups in total. The fraction of sp³-hybridized carbons (Fsp3) is 0.333. The van der Waals surface area contributed by atoms with Gasteiger partial charge >= 0.3 is 0 Å². The molecule has 0 radical (unpaired) electrons. The number of benzene rings is 1. The largest absolute Gasteiger partial charge is 0.508 e. The summed E-state index contributed by atoms with van der Waals surface area (Å²) in [5.74, 6) is 0.262. The number of phenolic OH excluding ortho intramolecular Hbond substituents is 1. The predicted octanol–water partition coefficient (Wildman–Crippen LogP) is 4.31. The number of hydrogen-bond acceptors (Lipinski definition) is 2. The Bertz CT molecular complexity index is 485. The van der Waals surface area contributed by atoms with Crippen LogP contribution >= 0.6 is 0 Å². The van der Waals surface area contributed by atoms with Crippen molar-refractivity contribution in [3.63, 3.8) is 0 Å². The fourth-order valence-corrected chi connectivity index (χ4v) is 1.82. The first-order chi connectivity index (χ1) is 9.36. The summed E-state index contributed by atoms with van der Waals surface area (Å²) in [6, 6.07) is 7.04. The van der Waals surface area contributed by atoms with E-state index in [1.54, 1.807) is 12.1 Å². The molecule has 0 aliphatic carbocycles. The quantitative estimate of drug-likeness (QED) is 0.726. The van der Waals surface area contributed by atoms with E-state index in [1.807, 2.05) is 31.2 Å². The molecule has 0 aliphatic rings. The standard InChI is InChI=1S/C18H24O2/c1-5-18(4,13-11-17(20)14(2)3)12-10-15-6-8-16(19)9-7-15/h5-10,12,17,19-20H,1-2,11,13H2,3-4H3/b12-10+/t17?,18-/m0/s1. The highest BCUT2D eigenvalue weighted by Gasteiger charge is 2.18. The van der Waals surface area contributed by atoms with Crippen LogP contribution in [0, 0.1) is 5.41 Å². The van der Waals surface area contributed by atoms with Crippen molar-refractivity contribution in [1.29, 1.82) is 0 Å². The molecule has 0 spiro atoms. The van der Waals surface area contributed by atoms with Gasteiger partial charge in [0.05, 0.1) is 6.10 Å². The Morgan fingerprint density at radius 3 is 2.45 bits per heavy atom. The van der Waals surface area contributed by atoms with Crippen LogP contribution in [0.1, 0.15) is 32.3 Å². The summed E-state index contributed by atoms with van der Waals surface area (Å²) in [6.07, 6.45) is 6.99. The maximum absolute atomic E-state index is 9.82. The molecule has 20 heavy (non-hydrogen) atoms. The molecule has 108 valence electrons. The van der Waals surface area contributed by atoms with Crippen LogP contribution in [0.5, 0.6) is 5.75 Å². The van der Waals surface area contributed by atoms with E-state index in [2.05, 4.69) is 26.2 Å². The summed E-state index contributed by atoms with van der Waals surface area (Å²) in [5.41, 5.74) is 1.64. The van der Waals surface area contributed by atoms with E-state index in [1.165, 1.54) is 0 Å². The van der Waals surface area contributed by atoms with Gasteiger partial charge in [0.25, 0.3) is 0 Å². The third-order valence-electron chi connectivity index (χ3n) is 3.54. The zero-order chi connectivity index (χ0) is 15.2. The van der Waals surface area contributed by atoms with Crippen molar-refractivity contribution in [2.45, 2.75) is 32.8 Å². The van der Waals surface area contributed by atoms with Crippen molar-refractivity contribution in [3.8, 4) is 5.75 Å². The van der Waals surface area contributed by atoms with Crippen molar-refractivity contribution in [1.82, 2.24) is 0 Å². The van der Waals surface area contributed by atoms with Crippen LogP contribution in [0.4, 0.5) is 0 Å². The molecule has 2 atom stereocenters. The second-order valence-electron chi connectivity index (χ2n) is 5.54. The van der Waals surface area contributed by atoms with Gasteiger partial charge in [0.15, 0.2) is 0 Å². The van der Waals surface area contributed by atoms with Gasteiger partial charge in [-0.25, -0.2) is 0 Å². The molecule has 2 nitrogen and oxygen atoms in total. The van der Waals surface area contributed by atoms with Crippen molar-refractivity contribution < 1.29 is 10.2 Å². The van der Waals surface area contributed by atoms with Crippen molar-refractivity contribution in [3.05, 3.63) is 60.7 Å². The number of hydrogen-bond donors (Lipinski definition) is 2. The topological polar surface area (TPSA) is 40.5 Å². The molecule has 0 aliphatic heterocycles. The molecule has 0 saturated carbocycles. The molecule has 0 heterocycles. The lowest BCUT2D eigenvalue weighted by Gasteiger charge is -2.23. The van der Waals surface area contributed by atoms with Crippen LogP contribution in [0.3, 0.4) is 0 Å². The molecular weight excluding hydrogens is 248 g/mol. The number of aromatic hydroxyl groups is 1. The third kappa shape index (κ3) is 5.06. The number of phenols is 1. The van der Waals surface area contributed by atoms with Crippen molar-refractivity contribution in [2.24, 2.45) is 5.41 Å². The summed E-state index contributed by atoms with van der Waals surface area (Å²) >= 11 is 0. The minimum Gasteiger partial charge on any atom is -0.508 e. The van der Waals surface area contributed by atoms with Crippen LogP contribution in [0.25, 0.3) is 6.08 Å². The lowest BCUT2D eigenvalue weighted by atomic mass is 9.83. The van der Waals surface area contributed by atoms with Crippen LogP contribution in [0.2, 0.25) is 0 Å². The first-order valence-corrected chi connectivity index (χ1v) is 6.81. The lowest BCUT2D eigenvalue weighted by Crippen LogP contribution is -2.15. The summed E-state index contributed by atoms with van der Waals surface area (Å²) < 4.78 is 0. The molecule has 0 saturated heterocycles. The average Bonchev–Trinajstić information content (AvgIpc) is 2.44. The zero-order valence-corrected chi connectivity index (χ0v) is 12.3. The van der Waals surface area contributed by atoms with E-state index in [0.29, 0.717) is 6.42 Å². The average molecular weight is 272 g/mol. The molecule has 0 fully saturated rings. The van der Waals surface area contributed by atoms with E-state index in [-0.39, 0.29) is 11.2 Å². The minimum absolute atomic E-state index is 0.172. The summed E-state index contributed by atoms with van der Waals surface area (Å²) in [6.45, 7) is 11.6. The van der Waals surface area contributed by atoms with Crippen LogP contribution in [0.15, 0.2) is 55.1 Å². The Morgan fingerprint density at radius 2 is 1.95 bits per heavy atom. The number of allylic oxidation sites excluding steroid dienone is 2. The van der Waals surface area contributed by atoms with E-state index < -0.39 is 6.10 Å². The molecule has 0 aromatic heterocycles. The SMILES string of the molecule is C=C[C@@](C)(/C=C/c1ccc(O)cc1)CCC(O)C(=C)C. The lowest BCUT2D eigenvalue weighted by molar-refractivity contribution is 0.187. The zero-order valence-electron chi connectivity index (χ0n) is 12.3. The van der Waals surface area contributed by atoms with Gasteiger partial charge in [-0.2, -0.15) is 0 Å². The van der Waals surface area contributed by atoms with Gasteiger partial charge in [-0.3, -0.25) is 0 Å². The second kappa shape index (κ2) is 7.11. The Morgan fingerprint density at radius 1 is 1.35 bits per heavy atom. The number of aliphatic hydroxyl groups is 1. The van der Waals surface area contributed by atoms with Crippen LogP contribution < -0.4 is 0 Å². The highest BCUT2D eigenvalue weighted by atomic mass is 16.3. The van der Waals surface area contributed by atoms with Gasteiger partial charge in [-0.15, -0.1) is 6.58 Å². The number of aliphatic hydroxyl groups excluding tert-OH is 1. The Labute approximate surface area is 121 Å². The van der Waals surface area contributed by atoms with E-state index in [9.17, 15) is 10.2 Å². The normalized spacial score (nSPS) is 15.8. The van der Waals surface area contributed by atoms with Crippen molar-refractivity contribution >= 4 is 6.08 Å². The second-order valence-corrected chi connectivity index (χ2v) is 5.54. The summed E-state index contributed by atoms with van der Waals surface area (Å²) in [4.78, 5) is 0. The Balaban J connectivity index is 2.71. The smallest absolute Gasteiger partial charge is 0.115 e. The number of rotatable bonds is 7. The summed E-state index contributed by atoms with van der Waals surface area (Å²) in [7, 11) is 0. The molecule has 0 bridgehead atoms. The fourth-order valence-electron chi connectivity index (χ4n) is 1.82. The van der Waals surface area contributed by atoms with Crippen molar-refractivity contribution in [2.75, 3.05) is 0 Å². The highest BCUT2D eigenvalue weighted by Crippen LogP contribution is 2.29. The maximum Gasteiger partial charge on any atom is 0.115 e. The van der Waals surface area contributed by atoms with Gasteiger partial charge < -0.3 is 10.2 Å². The van der Waals surface area contributed by atoms with Gasteiger partial charge in [0.1, 0.15) is 5.75 Å². The minimum atomic E-state index is -0.462. The maximum atomic E-state index is 9.82. The first kappa shape index (κ1) is 16.3. The molecule has 2 heteroatoms. The van der Waals surface area contributed by atoms with Gasteiger partial charge in [-0.1, -0.05) is 49.4 Å².